The fourth-order valence-corrected chi connectivity index (χ4v) is 1.39. The Bertz CT molecular complexity index is 195. The fourth-order valence-electron chi connectivity index (χ4n) is 0.795. The molecule has 0 aliphatic rings. The van der Waals surface area contributed by atoms with Crippen molar-refractivity contribution in [1.82, 2.24) is 4.98 Å². The average molecular weight is 156 g/mol. The standard InChI is InChI=1S/C7H12N2S/c1-2-3-4-6-5-10-7(8)9-6/h5H,2-4H2,1H3,(H2,8,9). The van der Waals surface area contributed by atoms with Crippen LogP contribution >= 0.6 is 11.3 Å². The van der Waals surface area contributed by atoms with Crippen molar-refractivity contribution in [3.8, 4) is 0 Å². The van der Waals surface area contributed by atoms with Gasteiger partial charge >= 0.3 is 0 Å². The van der Waals surface area contributed by atoms with Crippen LogP contribution in [0.2, 0.25) is 0 Å². The molecule has 0 saturated carbocycles. The molecule has 0 aromatic carbocycles. The lowest BCUT2D eigenvalue weighted by Gasteiger charge is -1.90. The minimum absolute atomic E-state index is 0.686. The predicted octanol–water partition coefficient (Wildman–Crippen LogP) is 2.07. The molecule has 0 amide bonds. The minimum atomic E-state index is 0.686. The number of nitrogens with zero attached hydrogens (tertiary/aromatic N) is 1. The maximum Gasteiger partial charge on any atom is 0.180 e. The van der Waals surface area contributed by atoms with Crippen molar-refractivity contribution in [3.63, 3.8) is 0 Å². The Balaban J connectivity index is 2.42. The summed E-state index contributed by atoms with van der Waals surface area (Å²) in [5.41, 5.74) is 6.60. The van der Waals surface area contributed by atoms with E-state index in [9.17, 15) is 0 Å². The van der Waals surface area contributed by atoms with Gasteiger partial charge in [0, 0.05) is 5.38 Å². The van der Waals surface area contributed by atoms with Crippen molar-refractivity contribution in [1.29, 1.82) is 0 Å². The smallest absolute Gasteiger partial charge is 0.180 e. The van der Waals surface area contributed by atoms with Gasteiger partial charge in [-0.3, -0.25) is 0 Å². The Labute approximate surface area is 65.1 Å². The molecule has 0 spiro atoms. The highest BCUT2D eigenvalue weighted by Crippen LogP contribution is 2.12. The van der Waals surface area contributed by atoms with E-state index >= 15 is 0 Å². The third-order valence-corrected chi connectivity index (χ3v) is 2.08. The molecule has 3 heteroatoms. The zero-order valence-corrected chi connectivity index (χ0v) is 6.95. The van der Waals surface area contributed by atoms with Gasteiger partial charge in [0.15, 0.2) is 5.13 Å². The van der Waals surface area contributed by atoms with Gasteiger partial charge in [-0.2, -0.15) is 0 Å². The molecule has 56 valence electrons. The monoisotopic (exact) mass is 156 g/mol. The summed E-state index contributed by atoms with van der Waals surface area (Å²) in [6, 6.07) is 0. The van der Waals surface area contributed by atoms with E-state index in [4.69, 9.17) is 5.73 Å². The largest absolute Gasteiger partial charge is 0.375 e. The van der Waals surface area contributed by atoms with Crippen LogP contribution in [0, 0.1) is 0 Å². The predicted molar refractivity (Wildman–Crippen MR) is 45.1 cm³/mol. The van der Waals surface area contributed by atoms with Crippen LogP contribution in [-0.4, -0.2) is 4.98 Å². The van der Waals surface area contributed by atoms with Crippen LogP contribution in [0.1, 0.15) is 25.5 Å². The van der Waals surface area contributed by atoms with Gasteiger partial charge in [0.2, 0.25) is 0 Å². The van der Waals surface area contributed by atoms with Gasteiger partial charge < -0.3 is 5.73 Å². The quantitative estimate of drug-likeness (QED) is 0.727. The van der Waals surface area contributed by atoms with Crippen molar-refractivity contribution >= 4 is 16.5 Å². The Kier molecular flexibility index (Phi) is 2.68. The molecule has 0 fully saturated rings. The van der Waals surface area contributed by atoms with E-state index in [0.717, 1.165) is 12.1 Å². The molecule has 1 aromatic heterocycles. The van der Waals surface area contributed by atoms with Gasteiger partial charge in [-0.1, -0.05) is 13.3 Å². The zero-order valence-electron chi connectivity index (χ0n) is 6.13. The number of unbranched alkanes of at least 4 members (excludes halogenated alkanes) is 1. The van der Waals surface area contributed by atoms with Gasteiger partial charge in [0.1, 0.15) is 0 Å². The first-order valence-electron chi connectivity index (χ1n) is 3.53. The first-order valence-corrected chi connectivity index (χ1v) is 4.40. The van der Waals surface area contributed by atoms with Crippen LogP contribution < -0.4 is 5.73 Å². The normalized spacial score (nSPS) is 10.1. The molecule has 0 bridgehead atoms. The number of thiazole rings is 1. The third kappa shape index (κ3) is 1.99. The van der Waals surface area contributed by atoms with Crippen LogP contribution in [0.25, 0.3) is 0 Å². The summed E-state index contributed by atoms with van der Waals surface area (Å²) < 4.78 is 0. The van der Waals surface area contributed by atoms with Gasteiger partial charge in [0.25, 0.3) is 0 Å². The molecular weight excluding hydrogens is 144 g/mol. The van der Waals surface area contributed by atoms with E-state index < -0.39 is 0 Å². The molecule has 1 aromatic rings. The molecule has 2 N–H and O–H groups in total. The molecule has 0 unspecified atom stereocenters. The third-order valence-electron chi connectivity index (χ3n) is 1.36. The first-order chi connectivity index (χ1) is 4.83. The number of nitrogens with two attached hydrogens (primary N) is 1. The summed E-state index contributed by atoms with van der Waals surface area (Å²) in [7, 11) is 0. The van der Waals surface area contributed by atoms with E-state index in [-0.39, 0.29) is 0 Å². The second-order valence-corrected chi connectivity index (χ2v) is 3.17. The highest BCUT2D eigenvalue weighted by Gasteiger charge is 1.95. The van der Waals surface area contributed by atoms with Gasteiger partial charge in [-0.05, 0) is 12.8 Å². The van der Waals surface area contributed by atoms with Crippen molar-refractivity contribution in [2.45, 2.75) is 26.2 Å². The molecule has 0 atom stereocenters. The number of nitrogen functional groups attached to an aromatic ring is 1. The van der Waals surface area contributed by atoms with E-state index in [0.29, 0.717) is 5.13 Å². The van der Waals surface area contributed by atoms with Crippen molar-refractivity contribution in [3.05, 3.63) is 11.1 Å². The van der Waals surface area contributed by atoms with Crippen LogP contribution in [0.5, 0.6) is 0 Å². The lowest BCUT2D eigenvalue weighted by molar-refractivity contribution is 0.782. The van der Waals surface area contributed by atoms with Crippen molar-refractivity contribution < 1.29 is 0 Å². The second kappa shape index (κ2) is 3.56. The summed E-state index contributed by atoms with van der Waals surface area (Å²) >= 11 is 1.52. The summed E-state index contributed by atoms with van der Waals surface area (Å²) in [6.45, 7) is 2.18. The number of hydrogen-bond acceptors (Lipinski definition) is 3. The van der Waals surface area contributed by atoms with E-state index in [2.05, 4.69) is 11.9 Å². The summed E-state index contributed by atoms with van der Waals surface area (Å²) in [6.07, 6.45) is 3.50. The zero-order chi connectivity index (χ0) is 7.40. The summed E-state index contributed by atoms with van der Waals surface area (Å²) in [5.74, 6) is 0. The maximum absolute atomic E-state index is 5.46. The average Bonchev–Trinajstić information content (AvgIpc) is 2.31. The highest BCUT2D eigenvalue weighted by atomic mass is 32.1. The van der Waals surface area contributed by atoms with Crippen LogP contribution in [0.3, 0.4) is 0 Å². The minimum Gasteiger partial charge on any atom is -0.375 e. The maximum atomic E-state index is 5.46. The highest BCUT2D eigenvalue weighted by molar-refractivity contribution is 7.13. The number of anilines is 1. The number of rotatable bonds is 3. The molecule has 0 saturated heterocycles. The fraction of sp³-hybridized carbons (Fsp3) is 0.571. The van der Waals surface area contributed by atoms with E-state index in [1.54, 1.807) is 0 Å². The van der Waals surface area contributed by atoms with E-state index in [1.807, 2.05) is 5.38 Å². The molecular formula is C7H12N2S. The second-order valence-electron chi connectivity index (χ2n) is 2.28. The topological polar surface area (TPSA) is 38.9 Å². The Morgan fingerprint density at radius 2 is 2.50 bits per heavy atom. The van der Waals surface area contributed by atoms with Crippen molar-refractivity contribution in [2.24, 2.45) is 0 Å². The van der Waals surface area contributed by atoms with E-state index in [1.165, 1.54) is 24.2 Å². The van der Waals surface area contributed by atoms with Gasteiger partial charge in [-0.15, -0.1) is 11.3 Å². The van der Waals surface area contributed by atoms with Crippen LogP contribution in [-0.2, 0) is 6.42 Å². The lowest BCUT2D eigenvalue weighted by Crippen LogP contribution is -1.86. The SMILES string of the molecule is CCCCc1csc(N)n1. The van der Waals surface area contributed by atoms with Crippen molar-refractivity contribution in [2.75, 3.05) is 5.73 Å². The molecule has 10 heavy (non-hydrogen) atoms. The molecule has 1 heterocycles. The molecule has 0 aliphatic carbocycles. The molecule has 1 rings (SSSR count). The molecule has 0 aliphatic heterocycles. The Morgan fingerprint density at radius 1 is 1.70 bits per heavy atom. The lowest BCUT2D eigenvalue weighted by atomic mass is 10.2. The van der Waals surface area contributed by atoms with Crippen LogP contribution in [0.15, 0.2) is 5.38 Å². The Morgan fingerprint density at radius 3 is 3.00 bits per heavy atom. The number of aryl methyl sites for hydroxylation is 1. The van der Waals surface area contributed by atoms with Gasteiger partial charge in [-0.25, -0.2) is 4.98 Å². The Hall–Kier alpha value is -0.570. The molecule has 2 nitrogen and oxygen atoms in total. The first kappa shape index (κ1) is 7.54. The summed E-state index contributed by atoms with van der Waals surface area (Å²) in [4.78, 5) is 4.14. The number of aromatic nitrogens is 1. The van der Waals surface area contributed by atoms with Gasteiger partial charge in [0.05, 0.1) is 5.69 Å². The number of hydrogen-bond donors (Lipinski definition) is 1. The van der Waals surface area contributed by atoms with Crippen LogP contribution in [0.4, 0.5) is 5.13 Å². The molecule has 0 radical (unpaired) electrons. The summed E-state index contributed by atoms with van der Waals surface area (Å²) in [5, 5.41) is 2.72.